The molecule has 0 aliphatic carbocycles. The third-order valence-corrected chi connectivity index (χ3v) is 6.69. The van der Waals surface area contributed by atoms with Crippen LogP contribution in [0.5, 0.6) is 0 Å². The highest BCUT2D eigenvalue weighted by Gasteiger charge is 2.30. The molecule has 11 heteroatoms. The van der Waals surface area contributed by atoms with Gasteiger partial charge in [-0.1, -0.05) is 6.92 Å². The summed E-state index contributed by atoms with van der Waals surface area (Å²) in [5.74, 6) is 0.466. The summed E-state index contributed by atoms with van der Waals surface area (Å²) in [6, 6.07) is 1.29. The Kier molecular flexibility index (Phi) is 6.79. The molecule has 2 aromatic heterocycles. The van der Waals surface area contributed by atoms with Crippen LogP contribution in [0.4, 0.5) is 0 Å². The Balaban J connectivity index is 0.00000261. The van der Waals surface area contributed by atoms with Crippen molar-refractivity contribution in [2.45, 2.75) is 24.7 Å². The summed E-state index contributed by atoms with van der Waals surface area (Å²) in [5.41, 5.74) is -1.08. The van der Waals surface area contributed by atoms with Gasteiger partial charge in [0.15, 0.2) is 0 Å². The van der Waals surface area contributed by atoms with Gasteiger partial charge in [-0.2, -0.15) is 4.31 Å². The fraction of sp³-hybridized carbons (Fsp3) is 0.562. The number of pyridine rings is 1. The molecule has 3 rings (SSSR count). The van der Waals surface area contributed by atoms with E-state index in [0.29, 0.717) is 19.0 Å². The van der Waals surface area contributed by atoms with E-state index in [1.165, 1.54) is 28.2 Å². The predicted octanol–water partition coefficient (Wildman–Crippen LogP) is 0.0538. The topological polar surface area (TPSA) is 117 Å². The summed E-state index contributed by atoms with van der Waals surface area (Å²) < 4.78 is 28.4. The number of aromatic nitrogens is 3. The molecule has 27 heavy (non-hydrogen) atoms. The summed E-state index contributed by atoms with van der Waals surface area (Å²) >= 11 is 0. The van der Waals surface area contributed by atoms with Crippen molar-refractivity contribution in [2.75, 3.05) is 26.2 Å². The Morgan fingerprint density at radius 2 is 1.96 bits per heavy atom. The molecule has 1 fully saturated rings. The molecule has 2 aromatic rings. The van der Waals surface area contributed by atoms with Crippen molar-refractivity contribution < 1.29 is 8.42 Å². The molecule has 0 aromatic carbocycles. The number of H-pyrrole nitrogens is 1. The maximum Gasteiger partial charge on any atom is 0.329 e. The molecule has 0 spiro atoms. The van der Waals surface area contributed by atoms with Crippen molar-refractivity contribution in [2.24, 2.45) is 13.0 Å². The third-order valence-electron chi connectivity index (χ3n) is 4.82. The second-order valence-electron chi connectivity index (χ2n) is 6.52. The first-order valence-corrected chi connectivity index (χ1v) is 10.1. The molecule has 150 valence electrons. The number of aryl methyl sites for hydroxylation is 1. The number of aromatic amines is 1. The van der Waals surface area contributed by atoms with Gasteiger partial charge in [0.1, 0.15) is 10.5 Å². The fourth-order valence-corrected chi connectivity index (χ4v) is 4.65. The minimum absolute atomic E-state index is 0. The number of hydrogen-bond donors (Lipinski definition) is 2. The van der Waals surface area contributed by atoms with Gasteiger partial charge in [-0.05, 0) is 37.9 Å². The number of rotatable bonds is 5. The number of sulfonamides is 1. The zero-order chi connectivity index (χ0) is 18.9. The molecular formula is C16H24ClN5O4S. The van der Waals surface area contributed by atoms with E-state index in [-0.39, 0.29) is 28.3 Å². The molecule has 9 nitrogen and oxygen atoms in total. The average Bonchev–Trinajstić information content (AvgIpc) is 2.64. The van der Waals surface area contributed by atoms with E-state index in [9.17, 15) is 18.0 Å². The van der Waals surface area contributed by atoms with E-state index in [2.05, 4.69) is 15.3 Å². The quantitative estimate of drug-likeness (QED) is 0.710. The Hall–Kier alpha value is -1.75. The van der Waals surface area contributed by atoms with Crippen LogP contribution in [-0.4, -0.2) is 53.4 Å². The van der Waals surface area contributed by atoms with E-state index in [1.807, 2.05) is 6.92 Å². The fourth-order valence-electron chi connectivity index (χ4n) is 3.21. The number of halogens is 1. The number of nitrogens with zero attached hydrogens (tertiary/aromatic N) is 3. The van der Waals surface area contributed by atoms with Crippen molar-refractivity contribution in [3.05, 3.63) is 33.1 Å². The molecule has 0 bridgehead atoms. The van der Waals surface area contributed by atoms with Gasteiger partial charge in [-0.15, -0.1) is 12.4 Å². The molecule has 3 heterocycles. The molecular weight excluding hydrogens is 394 g/mol. The smallest absolute Gasteiger partial charge is 0.317 e. The lowest BCUT2D eigenvalue weighted by Gasteiger charge is -2.31. The minimum Gasteiger partial charge on any atom is -0.317 e. The third kappa shape index (κ3) is 4.23. The molecule has 0 amide bonds. The first-order valence-electron chi connectivity index (χ1n) is 8.64. The van der Waals surface area contributed by atoms with Gasteiger partial charge < -0.3 is 5.32 Å². The highest BCUT2D eigenvalue weighted by molar-refractivity contribution is 7.89. The van der Waals surface area contributed by atoms with Crippen molar-refractivity contribution in [3.8, 4) is 0 Å². The van der Waals surface area contributed by atoms with E-state index in [1.54, 1.807) is 0 Å². The minimum atomic E-state index is -3.73. The summed E-state index contributed by atoms with van der Waals surface area (Å²) in [5, 5.41) is 3.37. The second kappa shape index (κ2) is 8.51. The number of hydrogen-bond acceptors (Lipinski definition) is 6. The normalized spacial score (nSPS) is 16.4. The van der Waals surface area contributed by atoms with Gasteiger partial charge in [0.2, 0.25) is 10.0 Å². The summed E-state index contributed by atoms with van der Waals surface area (Å²) in [6.45, 7) is 4.73. The van der Waals surface area contributed by atoms with Gasteiger partial charge in [0.05, 0.1) is 5.39 Å². The van der Waals surface area contributed by atoms with Crippen molar-refractivity contribution in [1.82, 2.24) is 24.2 Å². The van der Waals surface area contributed by atoms with Crippen LogP contribution in [0.15, 0.2) is 26.7 Å². The van der Waals surface area contributed by atoms with Crippen molar-refractivity contribution >= 4 is 33.5 Å². The molecule has 2 N–H and O–H groups in total. The zero-order valence-corrected chi connectivity index (χ0v) is 16.9. The zero-order valence-electron chi connectivity index (χ0n) is 15.3. The van der Waals surface area contributed by atoms with Gasteiger partial charge in [0, 0.05) is 26.3 Å². The summed E-state index contributed by atoms with van der Waals surface area (Å²) in [6.07, 6.45) is 2.80. The monoisotopic (exact) mass is 417 g/mol. The molecule has 1 aliphatic rings. The average molecular weight is 418 g/mol. The van der Waals surface area contributed by atoms with Gasteiger partial charge in [-0.3, -0.25) is 14.3 Å². The Morgan fingerprint density at radius 1 is 1.30 bits per heavy atom. The van der Waals surface area contributed by atoms with Crippen molar-refractivity contribution in [1.29, 1.82) is 0 Å². The molecule has 0 atom stereocenters. The maximum absolute atomic E-state index is 12.9. The van der Waals surface area contributed by atoms with Gasteiger partial charge in [-0.25, -0.2) is 18.2 Å². The van der Waals surface area contributed by atoms with Crippen LogP contribution in [0.1, 0.15) is 19.8 Å². The van der Waals surface area contributed by atoms with E-state index >= 15 is 0 Å². The molecule has 1 aliphatic heterocycles. The van der Waals surface area contributed by atoms with Crippen molar-refractivity contribution in [3.63, 3.8) is 0 Å². The lowest BCUT2D eigenvalue weighted by Crippen LogP contribution is -2.40. The standard InChI is InChI=1S/C16H23N5O4S.ClH/c1-3-17-9-11-4-6-21(7-5-11)26(24,25)12-8-13-14(18-10-12)20(2)16(23)19-15(13)22;/h8,10-11,17H,3-7,9H2,1-2H3,(H,19,22,23);1H. The van der Waals surface area contributed by atoms with Crippen LogP contribution >= 0.6 is 12.4 Å². The highest BCUT2D eigenvalue weighted by Crippen LogP contribution is 2.24. The number of fused-ring (bicyclic) bond motifs is 1. The van der Waals surface area contributed by atoms with E-state index in [0.717, 1.165) is 25.9 Å². The Bertz CT molecular complexity index is 1030. The van der Waals surface area contributed by atoms with E-state index < -0.39 is 21.3 Å². The van der Waals surface area contributed by atoms with Gasteiger partial charge >= 0.3 is 5.69 Å². The molecule has 1 saturated heterocycles. The second-order valence-corrected chi connectivity index (χ2v) is 8.45. The van der Waals surface area contributed by atoms with E-state index in [4.69, 9.17) is 0 Å². The first kappa shape index (κ1) is 21.5. The molecule has 0 saturated carbocycles. The van der Waals surface area contributed by atoms with Gasteiger partial charge in [0.25, 0.3) is 5.56 Å². The lowest BCUT2D eigenvalue weighted by atomic mass is 9.98. The SMILES string of the molecule is CCNCC1CCN(S(=O)(=O)c2cnc3c(c2)c(=O)[nH]c(=O)n3C)CC1.Cl. The number of piperidine rings is 1. The van der Waals surface area contributed by atoms with Crippen LogP contribution in [0, 0.1) is 5.92 Å². The van der Waals surface area contributed by atoms with Crippen LogP contribution in [0.3, 0.4) is 0 Å². The maximum atomic E-state index is 12.9. The Morgan fingerprint density at radius 3 is 2.59 bits per heavy atom. The van der Waals surface area contributed by atoms with Crippen LogP contribution in [-0.2, 0) is 17.1 Å². The van der Waals surface area contributed by atoms with Crippen LogP contribution in [0.25, 0.3) is 11.0 Å². The predicted molar refractivity (Wildman–Crippen MR) is 105 cm³/mol. The lowest BCUT2D eigenvalue weighted by molar-refractivity contribution is 0.268. The summed E-state index contributed by atoms with van der Waals surface area (Å²) in [7, 11) is -2.26. The largest absolute Gasteiger partial charge is 0.329 e. The molecule has 0 unspecified atom stereocenters. The first-order chi connectivity index (χ1) is 12.3. The number of nitrogens with one attached hydrogen (secondary N) is 2. The van der Waals surface area contributed by atoms with Crippen LogP contribution < -0.4 is 16.6 Å². The molecule has 0 radical (unpaired) electrons. The highest BCUT2D eigenvalue weighted by atomic mass is 35.5. The Labute approximate surface area is 163 Å². The summed E-state index contributed by atoms with van der Waals surface area (Å²) in [4.78, 5) is 29.8. The van der Waals surface area contributed by atoms with Crippen LogP contribution in [0.2, 0.25) is 0 Å².